The second kappa shape index (κ2) is 10.9. The minimum absolute atomic E-state index is 0.582. The molecule has 3 aromatic rings. The number of para-hydroxylation sites is 1. The Labute approximate surface area is 189 Å². The first-order valence-corrected chi connectivity index (χ1v) is 14.2. The smallest absolute Gasteiger partial charge is 0.137 e. The number of hydrogen-bond acceptors (Lipinski definition) is 1. The molecule has 0 radical (unpaired) electrons. The average Bonchev–Trinajstić information content (AvgIpc) is 2.75. The highest BCUT2D eigenvalue weighted by Crippen LogP contribution is 2.40. The number of rotatable bonds is 7. The molecule has 0 aliphatic carbocycles. The molecule has 1 N–H and O–H groups in total. The molecule has 0 bridgehead atoms. The summed E-state index contributed by atoms with van der Waals surface area (Å²) in [7, 11) is 0. The Morgan fingerprint density at radius 1 is 0.897 bits per heavy atom. The summed E-state index contributed by atoms with van der Waals surface area (Å²) in [4.78, 5) is 5.10. The second-order valence-corrected chi connectivity index (χ2v) is 11.4. The molecule has 4 heteroatoms. The fraction of sp³-hybridized carbons (Fsp3) is 0.240. The Hall–Kier alpha value is -1.71. The zero-order valence-electron chi connectivity index (χ0n) is 17.3. The molecule has 0 aromatic heterocycles. The number of benzene rings is 3. The van der Waals surface area contributed by atoms with E-state index in [9.17, 15) is 0 Å². The normalized spacial score (nSPS) is 12.6. The first-order valence-electron chi connectivity index (χ1n) is 10.1. The molecular formula is C25H28IN2P. The Bertz CT molecular complexity index is 932. The van der Waals surface area contributed by atoms with E-state index >= 15 is 0 Å². The Balaban J connectivity index is 1.96. The predicted octanol–water partition coefficient (Wildman–Crippen LogP) is 7.39. The van der Waals surface area contributed by atoms with Crippen LogP contribution in [0.3, 0.4) is 0 Å². The van der Waals surface area contributed by atoms with E-state index in [4.69, 9.17) is 4.99 Å². The molecular weight excluding hydrogens is 486 g/mol. The number of hydrogen-bond donors (Lipinski definition) is 1. The van der Waals surface area contributed by atoms with Crippen LogP contribution < -0.4 is 10.4 Å². The molecule has 0 saturated heterocycles. The van der Waals surface area contributed by atoms with Crippen LogP contribution in [0.1, 0.15) is 42.0 Å². The second-order valence-electron chi connectivity index (χ2n) is 7.23. The van der Waals surface area contributed by atoms with E-state index in [-0.39, 0.29) is 0 Å². The number of amidine groups is 1. The summed E-state index contributed by atoms with van der Waals surface area (Å²) in [6.45, 7) is 6.49. The minimum Gasteiger partial charge on any atom is -0.337 e. The van der Waals surface area contributed by atoms with E-state index in [1.165, 1.54) is 34.8 Å². The third-order valence-corrected chi connectivity index (χ3v) is 8.45. The van der Waals surface area contributed by atoms with Crippen LogP contribution in [-0.2, 0) is 6.42 Å². The molecule has 3 rings (SSSR count). The Morgan fingerprint density at radius 3 is 2.17 bits per heavy atom. The van der Waals surface area contributed by atoms with E-state index in [1.54, 1.807) is 0 Å². The van der Waals surface area contributed by atoms with E-state index in [0.29, 0.717) is 0 Å². The number of nitrogens with one attached hydrogen (secondary N) is 1. The van der Waals surface area contributed by atoms with Crippen molar-refractivity contribution in [3.05, 3.63) is 95.1 Å². The maximum absolute atomic E-state index is 5.10. The zero-order chi connectivity index (χ0) is 20.6. The highest BCUT2D eigenvalue weighted by atomic mass is 127. The summed E-state index contributed by atoms with van der Waals surface area (Å²) in [5.41, 5.74) is 5.39. The van der Waals surface area contributed by atoms with Crippen molar-refractivity contribution in [1.29, 1.82) is 0 Å². The molecule has 1 unspecified atom stereocenters. The first-order chi connectivity index (χ1) is 14.1. The quantitative estimate of drug-likeness (QED) is 0.151. The van der Waals surface area contributed by atoms with Gasteiger partial charge in [0.2, 0.25) is 0 Å². The summed E-state index contributed by atoms with van der Waals surface area (Å²) >= 11 is 2.51. The van der Waals surface area contributed by atoms with Crippen LogP contribution >= 0.6 is 27.8 Å². The fourth-order valence-corrected chi connectivity index (χ4v) is 5.75. The van der Waals surface area contributed by atoms with E-state index in [1.807, 2.05) is 0 Å². The molecule has 0 amide bonds. The lowest BCUT2D eigenvalue weighted by molar-refractivity contribution is 0.795. The highest BCUT2D eigenvalue weighted by molar-refractivity contribution is 14.2. The highest BCUT2D eigenvalue weighted by Gasteiger charge is 2.13. The summed E-state index contributed by atoms with van der Waals surface area (Å²) in [5.74, 6) is 0.939. The molecule has 0 saturated carbocycles. The largest absolute Gasteiger partial charge is 0.337 e. The van der Waals surface area contributed by atoms with Crippen LogP contribution in [0.15, 0.2) is 77.8 Å². The topological polar surface area (TPSA) is 24.4 Å². The number of aliphatic imine (C=N–C) groups is 1. The van der Waals surface area contributed by atoms with Gasteiger partial charge in [0.15, 0.2) is 0 Å². The van der Waals surface area contributed by atoms with Gasteiger partial charge in [-0.15, -0.1) is 0 Å². The molecule has 0 aliphatic heterocycles. The van der Waals surface area contributed by atoms with Crippen LogP contribution in [-0.4, -0.2) is 5.84 Å². The molecule has 3 aromatic carbocycles. The van der Waals surface area contributed by atoms with Crippen molar-refractivity contribution in [3.8, 4) is 0 Å². The van der Waals surface area contributed by atoms with Crippen molar-refractivity contribution in [1.82, 2.24) is 5.09 Å². The summed E-state index contributed by atoms with van der Waals surface area (Å²) in [5, 5.41) is 5.02. The van der Waals surface area contributed by atoms with Crippen molar-refractivity contribution in [2.45, 2.75) is 40.0 Å². The molecule has 150 valence electrons. The predicted molar refractivity (Wildman–Crippen MR) is 137 cm³/mol. The van der Waals surface area contributed by atoms with Gasteiger partial charge in [0.1, 0.15) is 5.84 Å². The summed E-state index contributed by atoms with van der Waals surface area (Å²) in [6.07, 6.45) is 3.59. The van der Waals surface area contributed by atoms with Gasteiger partial charge in [0, 0.05) is 10.9 Å². The van der Waals surface area contributed by atoms with Crippen LogP contribution in [0, 0.1) is 13.8 Å². The van der Waals surface area contributed by atoms with Gasteiger partial charge in [-0.1, -0.05) is 86.1 Å². The Kier molecular flexibility index (Phi) is 8.26. The van der Waals surface area contributed by atoms with Crippen molar-refractivity contribution in [2.75, 3.05) is 0 Å². The lowest BCUT2D eigenvalue weighted by Crippen LogP contribution is -2.21. The molecule has 0 heterocycles. The van der Waals surface area contributed by atoms with Gasteiger partial charge in [-0.25, -0.2) is 4.99 Å². The summed E-state index contributed by atoms with van der Waals surface area (Å²) in [6, 6.07) is 25.8. The number of halogens is 1. The molecule has 0 aliphatic rings. The van der Waals surface area contributed by atoms with Gasteiger partial charge in [-0.05, 0) is 65.4 Å². The number of aryl methyl sites for hydroxylation is 3. The van der Waals surface area contributed by atoms with E-state index in [0.717, 1.165) is 23.5 Å². The van der Waals surface area contributed by atoms with Gasteiger partial charge in [-0.2, -0.15) is 0 Å². The van der Waals surface area contributed by atoms with Crippen molar-refractivity contribution in [3.63, 3.8) is 0 Å². The van der Waals surface area contributed by atoms with Gasteiger partial charge < -0.3 is 5.09 Å². The van der Waals surface area contributed by atoms with Gasteiger partial charge >= 0.3 is 0 Å². The van der Waals surface area contributed by atoms with Gasteiger partial charge in [-0.3, -0.25) is 0 Å². The lowest BCUT2D eigenvalue weighted by Gasteiger charge is -2.17. The van der Waals surface area contributed by atoms with E-state index < -0.39 is 5.71 Å². The third-order valence-electron chi connectivity index (χ3n) is 4.90. The number of nitrogens with zero attached hydrogens (tertiary/aromatic N) is 1. The monoisotopic (exact) mass is 514 g/mol. The van der Waals surface area contributed by atoms with Gasteiger partial charge in [0.05, 0.1) is 11.4 Å². The van der Waals surface area contributed by atoms with Crippen LogP contribution in [0.5, 0.6) is 0 Å². The Morgan fingerprint density at radius 2 is 1.55 bits per heavy atom. The molecule has 1 atom stereocenters. The molecule has 0 spiro atoms. The maximum Gasteiger partial charge on any atom is 0.137 e. The zero-order valence-corrected chi connectivity index (χ0v) is 20.4. The average molecular weight is 514 g/mol. The summed E-state index contributed by atoms with van der Waals surface area (Å²) < 4.78 is 0. The number of unbranched alkanes of at least 4 members (excludes halogenated alkanes) is 1. The van der Waals surface area contributed by atoms with Crippen LogP contribution in [0.25, 0.3) is 0 Å². The van der Waals surface area contributed by atoms with Crippen molar-refractivity contribution < 1.29 is 0 Å². The van der Waals surface area contributed by atoms with E-state index in [2.05, 4.69) is 121 Å². The lowest BCUT2D eigenvalue weighted by atomic mass is 10.1. The van der Waals surface area contributed by atoms with Crippen molar-refractivity contribution in [2.24, 2.45) is 4.99 Å². The first kappa shape index (κ1) is 22.0. The van der Waals surface area contributed by atoms with Crippen LogP contribution in [0.2, 0.25) is 0 Å². The standard InChI is InChI=1S/C25H28IN2P/c1-4-5-12-21-15-17-22(18-16-21)25(27-24-19(2)10-9-11-20(24)3)28-29(26)23-13-7-6-8-14-23/h6-11,13-18H,4-5,12H2,1-3H3,(H,27,28). The maximum atomic E-state index is 5.10. The fourth-order valence-electron chi connectivity index (χ4n) is 3.17. The van der Waals surface area contributed by atoms with Gasteiger partial charge in [0.25, 0.3) is 0 Å². The molecule has 2 nitrogen and oxygen atoms in total. The van der Waals surface area contributed by atoms with Crippen molar-refractivity contribution >= 4 is 44.6 Å². The third kappa shape index (κ3) is 6.13. The minimum atomic E-state index is -0.582. The molecule has 29 heavy (non-hydrogen) atoms. The van der Waals surface area contributed by atoms with Crippen LogP contribution in [0.4, 0.5) is 5.69 Å². The SMILES string of the molecule is CCCCc1ccc(C(=Nc2c(C)cccc2C)NP(I)c2ccccc2)cc1. The molecule has 0 fully saturated rings.